The summed E-state index contributed by atoms with van der Waals surface area (Å²) in [6.07, 6.45) is 0.321. The first-order chi connectivity index (χ1) is 18.3. The number of nitrogens with zero attached hydrogens (tertiary/aromatic N) is 2. The van der Waals surface area contributed by atoms with Crippen LogP contribution in [0.2, 0.25) is 5.02 Å². The van der Waals surface area contributed by atoms with Crippen LogP contribution in [0.5, 0.6) is 0 Å². The highest BCUT2D eigenvalue weighted by Crippen LogP contribution is 2.27. The van der Waals surface area contributed by atoms with E-state index in [1.165, 1.54) is 17.0 Å². The lowest BCUT2D eigenvalue weighted by Gasteiger charge is -2.35. The summed E-state index contributed by atoms with van der Waals surface area (Å²) >= 11 is 9.80. The molecule has 0 saturated heterocycles. The van der Waals surface area contributed by atoms with Crippen LogP contribution in [0.15, 0.2) is 88.2 Å². The third kappa shape index (κ3) is 8.06. The molecule has 208 valence electrons. The predicted octanol–water partition coefficient (Wildman–Crippen LogP) is 6.02. The molecule has 1 N–H and O–H groups in total. The second kappa shape index (κ2) is 13.0. The zero-order valence-electron chi connectivity index (χ0n) is 22.4. The molecule has 0 fully saturated rings. The number of carbonyl (C=O) groups excluding carboxylic acids is 2. The van der Waals surface area contributed by atoms with Gasteiger partial charge in [0.15, 0.2) is 0 Å². The summed E-state index contributed by atoms with van der Waals surface area (Å²) in [4.78, 5) is 28.9. The Morgan fingerprint density at radius 3 is 2.10 bits per heavy atom. The Bertz CT molecular complexity index is 1390. The number of anilines is 1. The Kier molecular flexibility index (Phi) is 10.2. The molecule has 1 atom stereocenters. The van der Waals surface area contributed by atoms with Crippen molar-refractivity contribution >= 4 is 55.1 Å². The van der Waals surface area contributed by atoms with Gasteiger partial charge in [-0.15, -0.1) is 0 Å². The lowest BCUT2D eigenvalue weighted by Crippen LogP contribution is -2.55. The van der Waals surface area contributed by atoms with Crippen LogP contribution in [-0.2, 0) is 26.2 Å². The highest BCUT2D eigenvalue weighted by molar-refractivity contribution is 9.10. The maximum absolute atomic E-state index is 14.0. The second-order valence-corrected chi connectivity index (χ2v) is 13.3. The van der Waals surface area contributed by atoms with Crippen LogP contribution in [0.25, 0.3) is 0 Å². The summed E-state index contributed by atoms with van der Waals surface area (Å²) in [6.45, 7) is 6.92. The zero-order valence-corrected chi connectivity index (χ0v) is 25.6. The molecule has 0 aliphatic rings. The molecule has 0 bridgehead atoms. The van der Waals surface area contributed by atoms with Gasteiger partial charge in [0.2, 0.25) is 11.8 Å². The summed E-state index contributed by atoms with van der Waals surface area (Å²) < 4.78 is 29.4. The van der Waals surface area contributed by atoms with E-state index in [0.717, 1.165) is 8.78 Å². The molecule has 7 nitrogen and oxygen atoms in total. The average molecular weight is 635 g/mol. The van der Waals surface area contributed by atoms with Gasteiger partial charge in [0, 0.05) is 21.6 Å². The predicted molar refractivity (Wildman–Crippen MR) is 159 cm³/mol. The molecule has 0 heterocycles. The van der Waals surface area contributed by atoms with Gasteiger partial charge in [-0.25, -0.2) is 8.42 Å². The van der Waals surface area contributed by atoms with Crippen LogP contribution in [0.4, 0.5) is 5.69 Å². The molecule has 10 heteroatoms. The van der Waals surface area contributed by atoms with E-state index in [9.17, 15) is 18.0 Å². The largest absolute Gasteiger partial charge is 0.350 e. The number of amides is 2. The summed E-state index contributed by atoms with van der Waals surface area (Å²) in [5.41, 5.74) is 0.444. The number of hydrogen-bond acceptors (Lipinski definition) is 4. The molecule has 2 amide bonds. The van der Waals surface area contributed by atoms with Crippen LogP contribution in [-0.4, -0.2) is 43.3 Å². The molecule has 0 aromatic heterocycles. The number of carbonyl (C=O) groups is 2. The average Bonchev–Trinajstić information content (AvgIpc) is 2.88. The monoisotopic (exact) mass is 633 g/mol. The van der Waals surface area contributed by atoms with Gasteiger partial charge in [0.05, 0.1) is 10.6 Å². The number of sulfonamides is 1. The normalized spacial score (nSPS) is 12.5. The second-order valence-electron chi connectivity index (χ2n) is 10.1. The molecule has 39 heavy (non-hydrogen) atoms. The third-order valence-electron chi connectivity index (χ3n) is 5.91. The number of nitrogens with one attached hydrogen (secondary N) is 1. The van der Waals surface area contributed by atoms with Crippen molar-refractivity contribution in [2.24, 2.45) is 0 Å². The van der Waals surface area contributed by atoms with Crippen molar-refractivity contribution in [1.82, 2.24) is 10.2 Å². The minimum Gasteiger partial charge on any atom is -0.350 e. The number of halogens is 2. The summed E-state index contributed by atoms with van der Waals surface area (Å²) in [5, 5.41) is 3.40. The maximum Gasteiger partial charge on any atom is 0.264 e. The van der Waals surface area contributed by atoms with Crippen LogP contribution in [0.1, 0.15) is 39.7 Å². The Morgan fingerprint density at radius 2 is 1.54 bits per heavy atom. The minimum atomic E-state index is -4.11. The van der Waals surface area contributed by atoms with E-state index in [1.54, 1.807) is 66.7 Å². The summed E-state index contributed by atoms with van der Waals surface area (Å²) in [7, 11) is -4.11. The van der Waals surface area contributed by atoms with Gasteiger partial charge in [-0.2, -0.15) is 0 Å². The topological polar surface area (TPSA) is 86.8 Å². The fourth-order valence-electron chi connectivity index (χ4n) is 4.04. The summed E-state index contributed by atoms with van der Waals surface area (Å²) in [5.74, 6) is -0.861. The Balaban J connectivity index is 2.07. The van der Waals surface area contributed by atoms with E-state index in [2.05, 4.69) is 21.2 Å². The molecular formula is C29H33BrClN3O4S. The molecule has 0 saturated carbocycles. The van der Waals surface area contributed by atoms with Crippen molar-refractivity contribution in [3.63, 3.8) is 0 Å². The van der Waals surface area contributed by atoms with Gasteiger partial charge in [0.1, 0.15) is 12.6 Å². The first-order valence-electron chi connectivity index (χ1n) is 12.5. The molecule has 0 radical (unpaired) electrons. The van der Waals surface area contributed by atoms with Crippen molar-refractivity contribution in [3.8, 4) is 0 Å². The highest BCUT2D eigenvalue weighted by Gasteiger charge is 2.34. The van der Waals surface area contributed by atoms with E-state index in [1.807, 2.05) is 27.7 Å². The minimum absolute atomic E-state index is 0.0359. The van der Waals surface area contributed by atoms with Gasteiger partial charge in [0.25, 0.3) is 10.0 Å². The van der Waals surface area contributed by atoms with Gasteiger partial charge in [-0.05, 0) is 75.2 Å². The fraction of sp³-hybridized carbons (Fsp3) is 0.310. The van der Waals surface area contributed by atoms with E-state index in [-0.39, 0.29) is 17.3 Å². The Hall–Kier alpha value is -2.88. The number of hydrogen-bond donors (Lipinski definition) is 1. The fourth-order valence-corrected chi connectivity index (χ4v) is 5.93. The van der Waals surface area contributed by atoms with Crippen molar-refractivity contribution in [3.05, 3.63) is 93.9 Å². The van der Waals surface area contributed by atoms with Crippen molar-refractivity contribution in [2.75, 3.05) is 10.8 Å². The van der Waals surface area contributed by atoms with E-state index in [0.29, 0.717) is 22.7 Å². The molecule has 0 aliphatic carbocycles. The molecule has 1 unspecified atom stereocenters. The zero-order chi connectivity index (χ0) is 28.8. The van der Waals surface area contributed by atoms with Crippen LogP contribution in [0, 0.1) is 0 Å². The third-order valence-corrected chi connectivity index (χ3v) is 8.59. The van der Waals surface area contributed by atoms with E-state index >= 15 is 0 Å². The number of benzene rings is 3. The first kappa shape index (κ1) is 30.7. The first-order valence-corrected chi connectivity index (χ1v) is 15.1. The SMILES string of the molecule is CCC(C(=O)NC(C)(C)C)N(Cc1ccccc1Cl)C(=O)CN(c1ccc(Br)cc1)S(=O)(=O)c1ccccc1. The Morgan fingerprint density at radius 1 is 0.949 bits per heavy atom. The molecule has 3 aromatic carbocycles. The smallest absolute Gasteiger partial charge is 0.264 e. The van der Waals surface area contributed by atoms with Crippen molar-refractivity contribution in [1.29, 1.82) is 0 Å². The molecular weight excluding hydrogens is 602 g/mol. The standard InChI is InChI=1S/C29H33BrClN3O4S/c1-5-26(28(36)32-29(2,3)4)33(19-21-11-9-10-14-25(21)31)27(35)20-34(23-17-15-22(30)16-18-23)39(37,38)24-12-7-6-8-13-24/h6-18,26H,5,19-20H2,1-4H3,(H,32,36). The number of rotatable bonds is 10. The lowest BCUT2D eigenvalue weighted by atomic mass is 10.1. The Labute approximate surface area is 244 Å². The van der Waals surface area contributed by atoms with E-state index in [4.69, 9.17) is 11.6 Å². The van der Waals surface area contributed by atoms with Crippen LogP contribution < -0.4 is 9.62 Å². The highest BCUT2D eigenvalue weighted by atomic mass is 79.9. The molecule has 0 spiro atoms. The molecule has 3 rings (SSSR count). The van der Waals surface area contributed by atoms with Crippen molar-refractivity contribution in [2.45, 2.75) is 57.1 Å². The van der Waals surface area contributed by atoms with Gasteiger partial charge >= 0.3 is 0 Å². The van der Waals surface area contributed by atoms with E-state index < -0.39 is 34.1 Å². The van der Waals surface area contributed by atoms with Gasteiger partial charge in [-0.3, -0.25) is 13.9 Å². The molecule has 0 aliphatic heterocycles. The van der Waals surface area contributed by atoms with Gasteiger partial charge < -0.3 is 10.2 Å². The quantitative estimate of drug-likeness (QED) is 0.296. The van der Waals surface area contributed by atoms with Gasteiger partial charge in [-0.1, -0.05) is 70.9 Å². The van der Waals surface area contributed by atoms with Crippen LogP contribution >= 0.6 is 27.5 Å². The summed E-state index contributed by atoms with van der Waals surface area (Å²) in [6, 6.07) is 20.8. The van der Waals surface area contributed by atoms with Crippen LogP contribution in [0.3, 0.4) is 0 Å². The van der Waals surface area contributed by atoms with Crippen molar-refractivity contribution < 1.29 is 18.0 Å². The maximum atomic E-state index is 14.0. The molecule has 3 aromatic rings. The lowest BCUT2D eigenvalue weighted by molar-refractivity contribution is -0.141.